The molecule has 3 heterocycles. The molecule has 0 radical (unpaired) electrons. The van der Waals surface area contributed by atoms with E-state index in [0.717, 1.165) is 11.1 Å². The lowest BCUT2D eigenvalue weighted by atomic mass is 9.80. The van der Waals surface area contributed by atoms with E-state index < -0.39 is 11.4 Å². The molecule has 0 spiro atoms. The standard InChI is InChI=1S/C13H16N4O3S/c1-9-6-21-7-10(9)11-14-15-16-17(11)8-13(12(18)19)2-4-20-5-3-13/h6-7H,2-5,8H2,1H3,(H,18,19). The summed E-state index contributed by atoms with van der Waals surface area (Å²) in [5.74, 6) is -0.185. The average molecular weight is 308 g/mol. The van der Waals surface area contributed by atoms with Crippen LogP contribution in [0.5, 0.6) is 0 Å². The molecule has 1 N–H and O–H groups in total. The first kappa shape index (κ1) is 14.2. The van der Waals surface area contributed by atoms with Crippen molar-refractivity contribution in [2.24, 2.45) is 5.41 Å². The van der Waals surface area contributed by atoms with Crippen molar-refractivity contribution in [3.63, 3.8) is 0 Å². The summed E-state index contributed by atoms with van der Waals surface area (Å²) in [4.78, 5) is 11.7. The topological polar surface area (TPSA) is 90.1 Å². The van der Waals surface area contributed by atoms with Crippen LogP contribution in [0.3, 0.4) is 0 Å². The molecule has 1 aliphatic heterocycles. The van der Waals surface area contributed by atoms with Crippen LogP contribution in [0.4, 0.5) is 0 Å². The molecule has 0 atom stereocenters. The Balaban J connectivity index is 1.93. The van der Waals surface area contributed by atoms with E-state index >= 15 is 0 Å². The van der Waals surface area contributed by atoms with Gasteiger partial charge in [0.1, 0.15) is 0 Å². The van der Waals surface area contributed by atoms with E-state index in [-0.39, 0.29) is 6.54 Å². The van der Waals surface area contributed by atoms with E-state index in [1.165, 1.54) is 0 Å². The van der Waals surface area contributed by atoms with Crippen molar-refractivity contribution in [2.45, 2.75) is 26.3 Å². The zero-order valence-electron chi connectivity index (χ0n) is 11.7. The Hall–Kier alpha value is -1.80. The van der Waals surface area contributed by atoms with Gasteiger partial charge in [-0.25, -0.2) is 4.68 Å². The first-order chi connectivity index (χ1) is 10.1. The largest absolute Gasteiger partial charge is 0.481 e. The summed E-state index contributed by atoms with van der Waals surface area (Å²) in [6, 6.07) is 0. The van der Waals surface area contributed by atoms with Crippen LogP contribution in [0.15, 0.2) is 10.8 Å². The van der Waals surface area contributed by atoms with Crippen LogP contribution in [0.2, 0.25) is 0 Å². The highest BCUT2D eigenvalue weighted by Crippen LogP contribution is 2.34. The summed E-state index contributed by atoms with van der Waals surface area (Å²) in [6.07, 6.45) is 0.953. The lowest BCUT2D eigenvalue weighted by molar-refractivity contribution is -0.156. The van der Waals surface area contributed by atoms with Crippen LogP contribution >= 0.6 is 11.3 Å². The number of carbonyl (C=O) groups is 1. The molecule has 112 valence electrons. The van der Waals surface area contributed by atoms with Gasteiger partial charge in [-0.15, -0.1) is 5.10 Å². The van der Waals surface area contributed by atoms with Gasteiger partial charge in [0.25, 0.3) is 0 Å². The molecule has 0 aliphatic carbocycles. The molecule has 21 heavy (non-hydrogen) atoms. The second kappa shape index (κ2) is 5.53. The third-order valence-corrected chi connectivity index (χ3v) is 4.85. The number of ether oxygens (including phenoxy) is 1. The van der Waals surface area contributed by atoms with Crippen molar-refractivity contribution in [1.29, 1.82) is 0 Å². The van der Waals surface area contributed by atoms with Gasteiger partial charge in [-0.2, -0.15) is 11.3 Å². The molecular weight excluding hydrogens is 292 g/mol. The maximum Gasteiger partial charge on any atom is 0.311 e. The Morgan fingerprint density at radius 2 is 2.24 bits per heavy atom. The summed E-state index contributed by atoms with van der Waals surface area (Å²) >= 11 is 1.58. The van der Waals surface area contributed by atoms with Gasteiger partial charge in [0.05, 0.1) is 12.0 Å². The lowest BCUT2D eigenvalue weighted by Gasteiger charge is -2.32. The molecule has 2 aromatic rings. The summed E-state index contributed by atoms with van der Waals surface area (Å²) in [5.41, 5.74) is 1.19. The number of tetrazole rings is 1. The minimum absolute atomic E-state index is 0.267. The van der Waals surface area contributed by atoms with Crippen molar-refractivity contribution in [2.75, 3.05) is 13.2 Å². The molecule has 0 saturated carbocycles. The van der Waals surface area contributed by atoms with Gasteiger partial charge >= 0.3 is 5.97 Å². The Bertz CT molecular complexity index is 645. The van der Waals surface area contributed by atoms with Gasteiger partial charge in [0, 0.05) is 24.2 Å². The van der Waals surface area contributed by atoms with Crippen LogP contribution < -0.4 is 0 Å². The predicted octanol–water partition coefficient (Wildman–Crippen LogP) is 1.59. The second-order valence-electron chi connectivity index (χ2n) is 5.33. The number of aliphatic carboxylic acids is 1. The molecule has 0 amide bonds. The first-order valence-corrected chi connectivity index (χ1v) is 7.67. The van der Waals surface area contributed by atoms with E-state index in [1.54, 1.807) is 16.0 Å². The van der Waals surface area contributed by atoms with Crippen molar-refractivity contribution in [1.82, 2.24) is 20.2 Å². The molecule has 0 bridgehead atoms. The number of thiophene rings is 1. The van der Waals surface area contributed by atoms with E-state index in [4.69, 9.17) is 4.74 Å². The molecule has 8 heteroatoms. The number of aromatic nitrogens is 4. The van der Waals surface area contributed by atoms with Gasteiger partial charge < -0.3 is 9.84 Å². The molecule has 3 rings (SSSR count). The van der Waals surface area contributed by atoms with Gasteiger partial charge in [-0.1, -0.05) is 0 Å². The van der Waals surface area contributed by atoms with Crippen LogP contribution in [0.25, 0.3) is 11.4 Å². The smallest absolute Gasteiger partial charge is 0.311 e. The minimum atomic E-state index is -0.855. The maximum absolute atomic E-state index is 11.7. The number of hydrogen-bond acceptors (Lipinski definition) is 6. The van der Waals surface area contributed by atoms with Gasteiger partial charge in [-0.3, -0.25) is 4.79 Å². The van der Waals surface area contributed by atoms with E-state index in [9.17, 15) is 9.90 Å². The van der Waals surface area contributed by atoms with Crippen LogP contribution in [-0.2, 0) is 16.1 Å². The summed E-state index contributed by atoms with van der Waals surface area (Å²) in [7, 11) is 0. The first-order valence-electron chi connectivity index (χ1n) is 6.73. The van der Waals surface area contributed by atoms with Crippen LogP contribution in [0, 0.1) is 12.3 Å². The number of carboxylic acids is 1. The minimum Gasteiger partial charge on any atom is -0.481 e. The van der Waals surface area contributed by atoms with Gasteiger partial charge in [-0.05, 0) is 41.1 Å². The zero-order chi connectivity index (χ0) is 14.9. The van der Waals surface area contributed by atoms with Crippen molar-refractivity contribution in [3.05, 3.63) is 16.3 Å². The summed E-state index contributed by atoms with van der Waals surface area (Å²) in [6.45, 7) is 3.18. The highest BCUT2D eigenvalue weighted by molar-refractivity contribution is 7.08. The normalized spacial score (nSPS) is 17.8. The molecule has 1 saturated heterocycles. The average Bonchev–Trinajstić information content (AvgIpc) is 3.08. The van der Waals surface area contributed by atoms with Gasteiger partial charge in [0.2, 0.25) is 0 Å². The SMILES string of the molecule is Cc1cscc1-c1nnnn1CC1(C(=O)O)CCOCC1. The van der Waals surface area contributed by atoms with E-state index in [0.29, 0.717) is 31.9 Å². The molecule has 1 aliphatic rings. The molecule has 7 nitrogen and oxygen atoms in total. The third-order valence-electron chi connectivity index (χ3n) is 3.98. The van der Waals surface area contributed by atoms with Crippen LogP contribution in [0.1, 0.15) is 18.4 Å². The number of aryl methyl sites for hydroxylation is 1. The maximum atomic E-state index is 11.7. The van der Waals surface area contributed by atoms with Crippen LogP contribution in [-0.4, -0.2) is 44.5 Å². The number of carboxylic acid groups (broad SMARTS) is 1. The fraction of sp³-hybridized carbons (Fsp3) is 0.538. The Morgan fingerprint density at radius 1 is 1.48 bits per heavy atom. The highest BCUT2D eigenvalue weighted by Gasteiger charge is 2.41. The monoisotopic (exact) mass is 308 g/mol. The lowest BCUT2D eigenvalue weighted by Crippen LogP contribution is -2.41. The number of nitrogens with zero attached hydrogens (tertiary/aromatic N) is 4. The van der Waals surface area contributed by atoms with Crippen molar-refractivity contribution in [3.8, 4) is 11.4 Å². The summed E-state index contributed by atoms with van der Waals surface area (Å²) in [5, 5.41) is 25.4. The highest BCUT2D eigenvalue weighted by atomic mass is 32.1. The quantitative estimate of drug-likeness (QED) is 0.922. The Kier molecular flexibility index (Phi) is 3.73. The fourth-order valence-corrected chi connectivity index (χ4v) is 3.41. The van der Waals surface area contributed by atoms with Crippen molar-refractivity contribution >= 4 is 17.3 Å². The second-order valence-corrected chi connectivity index (χ2v) is 6.07. The molecule has 1 fully saturated rings. The fourth-order valence-electron chi connectivity index (χ4n) is 2.58. The van der Waals surface area contributed by atoms with Crippen molar-refractivity contribution < 1.29 is 14.6 Å². The zero-order valence-corrected chi connectivity index (χ0v) is 12.5. The summed E-state index contributed by atoms with van der Waals surface area (Å²) < 4.78 is 6.90. The van der Waals surface area contributed by atoms with E-state index in [1.807, 2.05) is 17.7 Å². The number of hydrogen-bond donors (Lipinski definition) is 1. The molecular formula is C13H16N4O3S. The predicted molar refractivity (Wildman–Crippen MR) is 76.0 cm³/mol. The Labute approximate surface area is 125 Å². The third kappa shape index (κ3) is 2.56. The Morgan fingerprint density at radius 3 is 2.86 bits per heavy atom. The van der Waals surface area contributed by atoms with E-state index in [2.05, 4.69) is 15.5 Å². The number of rotatable bonds is 4. The molecule has 2 aromatic heterocycles. The molecule has 0 unspecified atom stereocenters. The molecule has 0 aromatic carbocycles. The van der Waals surface area contributed by atoms with Gasteiger partial charge in [0.15, 0.2) is 5.82 Å².